The number of ether oxygens (including phenoxy) is 1. The van der Waals surface area contributed by atoms with Gasteiger partial charge in [-0.2, -0.15) is 10.2 Å². The number of aryl methyl sites for hydroxylation is 3. The first kappa shape index (κ1) is 16.7. The summed E-state index contributed by atoms with van der Waals surface area (Å²) < 4.78 is 8.18. The molecule has 0 atom stereocenters. The van der Waals surface area contributed by atoms with Crippen LogP contribution in [0.2, 0.25) is 0 Å². The van der Waals surface area contributed by atoms with E-state index in [4.69, 9.17) is 10.5 Å². The zero-order valence-corrected chi connectivity index (χ0v) is 13.0. The van der Waals surface area contributed by atoms with Crippen molar-refractivity contribution in [2.75, 3.05) is 19.9 Å². The van der Waals surface area contributed by atoms with Gasteiger partial charge in [0.2, 0.25) is 0 Å². The smallest absolute Gasteiger partial charge is 0.269 e. The molecule has 2 aromatic heterocycles. The molecule has 1 amide bonds. The molecule has 116 valence electrons. The van der Waals surface area contributed by atoms with Crippen molar-refractivity contribution in [1.29, 1.82) is 0 Å². The van der Waals surface area contributed by atoms with Crippen LogP contribution in [0.15, 0.2) is 12.4 Å². The molecule has 0 radical (unpaired) electrons. The lowest BCUT2D eigenvalue weighted by atomic mass is 10.2. The summed E-state index contributed by atoms with van der Waals surface area (Å²) in [6.45, 7) is 2.37. The summed E-state index contributed by atoms with van der Waals surface area (Å²) in [5.41, 5.74) is 8.68. The number of hydrogen-bond donors (Lipinski definition) is 2. The summed E-state index contributed by atoms with van der Waals surface area (Å²) in [6.07, 6.45) is 3.29. The van der Waals surface area contributed by atoms with E-state index in [-0.39, 0.29) is 5.91 Å². The second-order valence-electron chi connectivity index (χ2n) is 4.48. The third kappa shape index (κ3) is 4.06. The van der Waals surface area contributed by atoms with Gasteiger partial charge in [-0.3, -0.25) is 14.2 Å². The van der Waals surface area contributed by atoms with E-state index < -0.39 is 0 Å². The summed E-state index contributed by atoms with van der Waals surface area (Å²) in [5.74, 6) is -0.0949. The highest BCUT2D eigenvalue weighted by molar-refractivity contribution is 5.93. The lowest BCUT2D eigenvalue weighted by molar-refractivity contribution is 0.0953. The topological polar surface area (TPSA) is 100.0 Å². The Morgan fingerprint density at radius 2 is 1.95 bits per heavy atom. The summed E-state index contributed by atoms with van der Waals surface area (Å²) in [7, 11) is 6.82. The van der Waals surface area contributed by atoms with E-state index >= 15 is 0 Å². The molecule has 2 aromatic rings. The predicted octanol–water partition coefficient (Wildman–Crippen LogP) is 0.237. The van der Waals surface area contributed by atoms with Crippen LogP contribution in [0, 0.1) is 6.92 Å². The van der Waals surface area contributed by atoms with Gasteiger partial charge in [-0.15, -0.1) is 0 Å². The molecular weight excluding hydrogens is 272 g/mol. The monoisotopic (exact) mass is 294 g/mol. The molecule has 0 saturated carbocycles. The number of rotatable bonds is 3. The zero-order valence-electron chi connectivity index (χ0n) is 13.0. The highest BCUT2D eigenvalue weighted by Crippen LogP contribution is 2.09. The molecule has 0 aromatic carbocycles. The molecule has 0 saturated heterocycles. The normalized spacial score (nSPS) is 9.95. The van der Waals surface area contributed by atoms with Crippen LogP contribution in [0.3, 0.4) is 0 Å². The van der Waals surface area contributed by atoms with Crippen molar-refractivity contribution in [3.05, 3.63) is 29.3 Å². The maximum absolute atomic E-state index is 11.1. The van der Waals surface area contributed by atoms with Crippen LogP contribution in [0.5, 0.6) is 0 Å². The number of anilines is 1. The number of methoxy groups -OCH3 is 1. The van der Waals surface area contributed by atoms with Gasteiger partial charge in [-0.25, -0.2) is 0 Å². The Hall–Kier alpha value is -2.35. The molecule has 0 unspecified atom stereocenters. The van der Waals surface area contributed by atoms with Crippen LogP contribution in [0.4, 0.5) is 5.69 Å². The lowest BCUT2D eigenvalue weighted by Gasteiger charge is -2.00. The number of nitrogens with zero attached hydrogens (tertiary/aromatic N) is 4. The van der Waals surface area contributed by atoms with Crippen molar-refractivity contribution in [3.8, 4) is 0 Å². The van der Waals surface area contributed by atoms with Gasteiger partial charge < -0.3 is 15.8 Å². The van der Waals surface area contributed by atoms with E-state index in [1.807, 2.05) is 14.0 Å². The van der Waals surface area contributed by atoms with Crippen molar-refractivity contribution in [2.45, 2.75) is 13.5 Å². The number of carbonyl (C=O) groups excluding carboxylic acids is 1. The molecule has 0 aliphatic heterocycles. The number of nitrogen functional groups attached to an aromatic ring is 1. The molecular formula is C13H22N6O2. The number of hydrogen-bond acceptors (Lipinski definition) is 5. The average molecular weight is 294 g/mol. The van der Waals surface area contributed by atoms with Gasteiger partial charge in [0.05, 0.1) is 30.4 Å². The Labute approximate surface area is 123 Å². The Kier molecular flexibility index (Phi) is 5.92. The number of nitrogens with two attached hydrogens (primary N) is 1. The van der Waals surface area contributed by atoms with Crippen molar-refractivity contribution >= 4 is 11.6 Å². The van der Waals surface area contributed by atoms with E-state index in [0.29, 0.717) is 18.0 Å². The minimum atomic E-state index is -0.0949. The van der Waals surface area contributed by atoms with E-state index in [1.54, 1.807) is 43.0 Å². The van der Waals surface area contributed by atoms with Gasteiger partial charge in [-0.1, -0.05) is 0 Å². The van der Waals surface area contributed by atoms with E-state index in [2.05, 4.69) is 15.5 Å². The summed E-state index contributed by atoms with van der Waals surface area (Å²) in [4.78, 5) is 11.1. The molecule has 0 aliphatic carbocycles. The molecule has 0 fully saturated rings. The zero-order chi connectivity index (χ0) is 16.0. The van der Waals surface area contributed by atoms with Crippen LogP contribution in [-0.2, 0) is 25.4 Å². The minimum Gasteiger partial charge on any atom is -0.396 e. The van der Waals surface area contributed by atoms with Crippen LogP contribution in [0.1, 0.15) is 21.7 Å². The summed E-state index contributed by atoms with van der Waals surface area (Å²) in [6, 6.07) is 0. The number of amides is 1. The van der Waals surface area contributed by atoms with Crippen molar-refractivity contribution in [2.24, 2.45) is 14.1 Å². The van der Waals surface area contributed by atoms with Crippen LogP contribution < -0.4 is 11.1 Å². The Morgan fingerprint density at radius 1 is 1.33 bits per heavy atom. The Bertz CT molecular complexity index is 563. The minimum absolute atomic E-state index is 0.0949. The van der Waals surface area contributed by atoms with Crippen LogP contribution in [-0.4, -0.2) is 39.6 Å². The molecule has 8 nitrogen and oxygen atoms in total. The van der Waals surface area contributed by atoms with Gasteiger partial charge in [0, 0.05) is 28.3 Å². The largest absolute Gasteiger partial charge is 0.396 e. The SMILES string of the molecule is CNC(=O)c1c(C)cnn1C.COCc1c(N)cnn1C. The first-order valence-electron chi connectivity index (χ1n) is 6.38. The maximum Gasteiger partial charge on any atom is 0.269 e. The van der Waals surface area contributed by atoms with Gasteiger partial charge in [0.15, 0.2) is 0 Å². The second-order valence-corrected chi connectivity index (χ2v) is 4.48. The fraction of sp³-hybridized carbons (Fsp3) is 0.462. The predicted molar refractivity (Wildman–Crippen MR) is 79.7 cm³/mol. The number of carbonyl (C=O) groups is 1. The first-order chi connectivity index (χ1) is 9.92. The van der Waals surface area contributed by atoms with Crippen LogP contribution in [0.25, 0.3) is 0 Å². The quantitative estimate of drug-likeness (QED) is 0.844. The molecule has 2 rings (SSSR count). The van der Waals surface area contributed by atoms with E-state index in [0.717, 1.165) is 11.3 Å². The lowest BCUT2D eigenvalue weighted by Crippen LogP contribution is -2.21. The standard InChI is InChI=1S/C7H11N3O.C6H11N3O/c1-5-4-9-10(3)6(5)7(11)8-2;1-9-6(4-10-2)5(7)3-8-9/h4H,1-3H3,(H,8,11);3H,4,7H2,1-2H3. The van der Waals surface area contributed by atoms with Gasteiger partial charge in [0.1, 0.15) is 5.69 Å². The molecule has 0 spiro atoms. The molecule has 0 bridgehead atoms. The van der Waals surface area contributed by atoms with Crippen molar-refractivity contribution in [3.63, 3.8) is 0 Å². The Balaban J connectivity index is 0.000000211. The van der Waals surface area contributed by atoms with E-state index in [9.17, 15) is 4.79 Å². The highest BCUT2D eigenvalue weighted by atomic mass is 16.5. The van der Waals surface area contributed by atoms with Gasteiger partial charge in [0.25, 0.3) is 5.91 Å². The van der Waals surface area contributed by atoms with Crippen molar-refractivity contribution in [1.82, 2.24) is 24.9 Å². The third-order valence-corrected chi connectivity index (χ3v) is 2.94. The average Bonchev–Trinajstić information content (AvgIpc) is 2.96. The molecule has 0 aliphatic rings. The number of aromatic nitrogens is 4. The maximum atomic E-state index is 11.1. The third-order valence-electron chi connectivity index (χ3n) is 2.94. The molecule has 3 N–H and O–H groups in total. The van der Waals surface area contributed by atoms with Gasteiger partial charge >= 0.3 is 0 Å². The first-order valence-corrected chi connectivity index (χ1v) is 6.38. The second kappa shape index (κ2) is 7.44. The molecule has 2 heterocycles. The fourth-order valence-electron chi connectivity index (χ4n) is 1.79. The Morgan fingerprint density at radius 3 is 2.33 bits per heavy atom. The van der Waals surface area contributed by atoms with E-state index in [1.165, 1.54) is 0 Å². The van der Waals surface area contributed by atoms with Crippen LogP contribution >= 0.6 is 0 Å². The summed E-state index contributed by atoms with van der Waals surface area (Å²) >= 11 is 0. The number of nitrogens with one attached hydrogen (secondary N) is 1. The molecule has 21 heavy (non-hydrogen) atoms. The highest BCUT2D eigenvalue weighted by Gasteiger charge is 2.11. The fourth-order valence-corrected chi connectivity index (χ4v) is 1.79. The van der Waals surface area contributed by atoms with Crippen molar-refractivity contribution < 1.29 is 9.53 Å². The molecule has 8 heteroatoms. The summed E-state index contributed by atoms with van der Waals surface area (Å²) in [5, 5.41) is 10.4. The van der Waals surface area contributed by atoms with Gasteiger partial charge in [-0.05, 0) is 12.5 Å².